The lowest BCUT2D eigenvalue weighted by Crippen LogP contribution is -1.91. The molecule has 1 heterocycles. The van der Waals surface area contributed by atoms with Crippen LogP contribution in [0, 0.1) is 12.5 Å². The van der Waals surface area contributed by atoms with Gasteiger partial charge in [-0.3, -0.25) is 0 Å². The molecule has 0 aliphatic heterocycles. The lowest BCUT2D eigenvalue weighted by atomic mass is 10.4. The molecule has 12 heavy (non-hydrogen) atoms. The normalized spacial score (nSPS) is 7.75. The van der Waals surface area contributed by atoms with Gasteiger partial charge in [0, 0.05) is 6.07 Å². The molecule has 0 amide bonds. The van der Waals surface area contributed by atoms with Crippen molar-refractivity contribution in [3.63, 3.8) is 0 Å². The van der Waals surface area contributed by atoms with Gasteiger partial charge in [0.1, 0.15) is 0 Å². The molecule has 7 nitrogen and oxygen atoms in total. The standard InChI is InChI=1S/C5H5NO3.HN3/c1-3-2-4(5(7)8)9-6-3;1-3-2/h2H,1H3,(H,7,8);1H. The number of nitrogens with one attached hydrogen (secondary N) is 1. The van der Waals surface area contributed by atoms with E-state index >= 15 is 0 Å². The lowest BCUT2D eigenvalue weighted by molar-refractivity contribution is 0.0652. The van der Waals surface area contributed by atoms with Crippen molar-refractivity contribution in [2.75, 3.05) is 0 Å². The Morgan fingerprint density at radius 3 is 2.58 bits per heavy atom. The molecule has 64 valence electrons. The number of hydrogen-bond donors (Lipinski definition) is 2. The second-order valence-corrected chi connectivity index (χ2v) is 1.74. The molecule has 1 aromatic heterocycles. The number of hydrogen-bond acceptors (Lipinski definition) is 4. The highest BCUT2D eigenvalue weighted by molar-refractivity contribution is 5.84. The Labute approximate surface area is 67.0 Å². The molecule has 1 rings (SSSR count). The van der Waals surface area contributed by atoms with Gasteiger partial charge in [-0.25, -0.2) is 4.79 Å². The average Bonchev–Trinajstić information content (AvgIpc) is 2.37. The third kappa shape index (κ3) is 3.23. The van der Waals surface area contributed by atoms with Crippen molar-refractivity contribution in [3.8, 4) is 0 Å². The Balaban J connectivity index is 0.000000354. The Morgan fingerprint density at radius 1 is 1.92 bits per heavy atom. The van der Waals surface area contributed by atoms with E-state index in [1.54, 1.807) is 11.8 Å². The van der Waals surface area contributed by atoms with E-state index < -0.39 is 5.97 Å². The number of rotatable bonds is 1. The average molecular weight is 170 g/mol. The fourth-order valence-corrected chi connectivity index (χ4v) is 0.464. The summed E-state index contributed by atoms with van der Waals surface area (Å²) in [4.78, 5) is 11.8. The van der Waals surface area contributed by atoms with Crippen LogP contribution in [0.4, 0.5) is 0 Å². The van der Waals surface area contributed by atoms with Gasteiger partial charge in [0.25, 0.3) is 0 Å². The van der Waals surface area contributed by atoms with Gasteiger partial charge in [0.05, 0.1) is 5.69 Å². The summed E-state index contributed by atoms with van der Waals surface area (Å²) in [6.45, 7) is 1.66. The van der Waals surface area contributed by atoms with E-state index in [2.05, 4.69) is 9.68 Å². The van der Waals surface area contributed by atoms with Gasteiger partial charge in [-0.1, -0.05) is 5.16 Å². The van der Waals surface area contributed by atoms with Gasteiger partial charge in [0.15, 0.2) is 0 Å². The van der Waals surface area contributed by atoms with Crippen LogP contribution in [0.15, 0.2) is 10.6 Å². The Morgan fingerprint density at radius 2 is 2.42 bits per heavy atom. The summed E-state index contributed by atoms with van der Waals surface area (Å²) in [6.07, 6.45) is 0. The van der Waals surface area contributed by atoms with Gasteiger partial charge in [-0.15, -0.1) is 5.53 Å². The minimum atomic E-state index is -1.09. The van der Waals surface area contributed by atoms with Crippen molar-refractivity contribution >= 4 is 5.97 Å². The fourth-order valence-electron chi connectivity index (χ4n) is 0.464. The molecular formula is C5H6N4O3. The molecule has 0 fully saturated rings. The van der Waals surface area contributed by atoms with Crippen LogP contribution in [0.1, 0.15) is 16.2 Å². The number of aromatic nitrogens is 1. The van der Waals surface area contributed by atoms with E-state index in [-0.39, 0.29) is 5.76 Å². The van der Waals surface area contributed by atoms with Crippen molar-refractivity contribution in [3.05, 3.63) is 28.0 Å². The van der Waals surface area contributed by atoms with Crippen molar-refractivity contribution < 1.29 is 14.4 Å². The van der Waals surface area contributed by atoms with Gasteiger partial charge < -0.3 is 9.63 Å². The lowest BCUT2D eigenvalue weighted by Gasteiger charge is -1.76. The molecule has 0 saturated carbocycles. The molecular weight excluding hydrogens is 164 g/mol. The highest BCUT2D eigenvalue weighted by Crippen LogP contribution is 2.00. The van der Waals surface area contributed by atoms with E-state index in [9.17, 15) is 4.79 Å². The van der Waals surface area contributed by atoms with E-state index in [1.807, 2.05) is 0 Å². The predicted octanol–water partition coefficient (Wildman–Crippen LogP) is 1.56. The van der Waals surface area contributed by atoms with Gasteiger partial charge >= 0.3 is 5.97 Å². The van der Waals surface area contributed by atoms with Crippen LogP contribution < -0.4 is 0 Å². The maximum absolute atomic E-state index is 10.1. The zero-order chi connectivity index (χ0) is 9.56. The van der Waals surface area contributed by atoms with Crippen molar-refractivity contribution in [2.24, 2.45) is 0 Å². The highest BCUT2D eigenvalue weighted by Gasteiger charge is 2.07. The second kappa shape index (κ2) is 4.75. The van der Waals surface area contributed by atoms with Crippen molar-refractivity contribution in [1.29, 1.82) is 5.53 Å². The number of aromatic carboxylic acids is 1. The largest absolute Gasteiger partial charge is 0.475 e. The highest BCUT2D eigenvalue weighted by atomic mass is 16.5. The predicted molar refractivity (Wildman–Crippen MR) is 37.6 cm³/mol. The first-order chi connectivity index (χ1) is 5.61. The van der Waals surface area contributed by atoms with Crippen LogP contribution in [0.25, 0.3) is 10.4 Å². The summed E-state index contributed by atoms with van der Waals surface area (Å²) in [5.74, 6) is -1.21. The van der Waals surface area contributed by atoms with Crippen LogP contribution >= 0.6 is 0 Å². The fraction of sp³-hybridized carbons (Fsp3) is 0.200. The molecule has 0 aliphatic rings. The Kier molecular flexibility index (Phi) is 3.96. The zero-order valence-electron chi connectivity index (χ0n) is 6.18. The Hall–Kier alpha value is -2.01. The smallest absolute Gasteiger partial charge is 0.374 e. The maximum atomic E-state index is 10.1. The number of carboxylic acid groups (broad SMARTS) is 1. The molecule has 0 spiro atoms. The van der Waals surface area contributed by atoms with Crippen LogP contribution in [0.5, 0.6) is 0 Å². The third-order valence-electron chi connectivity index (χ3n) is 0.839. The molecule has 0 bridgehead atoms. The molecule has 7 heteroatoms. The van der Waals surface area contributed by atoms with Crippen LogP contribution in [-0.2, 0) is 0 Å². The molecule has 0 atom stereocenters. The summed E-state index contributed by atoms with van der Waals surface area (Å²) in [6, 6.07) is 1.36. The quantitative estimate of drug-likeness (QED) is 0.376. The van der Waals surface area contributed by atoms with Gasteiger partial charge in [-0.2, -0.15) is 0 Å². The molecule has 2 N–H and O–H groups in total. The second-order valence-electron chi connectivity index (χ2n) is 1.74. The van der Waals surface area contributed by atoms with E-state index in [0.717, 1.165) is 0 Å². The molecule has 0 aromatic carbocycles. The molecule has 0 aliphatic carbocycles. The van der Waals surface area contributed by atoms with Crippen molar-refractivity contribution in [1.82, 2.24) is 5.16 Å². The summed E-state index contributed by atoms with van der Waals surface area (Å²) >= 11 is 0. The summed E-state index contributed by atoms with van der Waals surface area (Å²) in [5.41, 5.74) is 12.8. The topological polar surface area (TPSA) is 124 Å². The number of carboxylic acids is 1. The van der Waals surface area contributed by atoms with E-state index in [0.29, 0.717) is 5.69 Å². The molecule has 0 unspecified atom stereocenters. The van der Waals surface area contributed by atoms with Crippen LogP contribution in [0.2, 0.25) is 0 Å². The van der Waals surface area contributed by atoms with Crippen LogP contribution in [0.3, 0.4) is 0 Å². The minimum Gasteiger partial charge on any atom is -0.475 e. The molecule has 0 radical (unpaired) electrons. The maximum Gasteiger partial charge on any atom is 0.374 e. The van der Waals surface area contributed by atoms with Crippen LogP contribution in [-0.4, -0.2) is 16.2 Å². The zero-order valence-corrected chi connectivity index (χ0v) is 6.18. The summed E-state index contributed by atoms with van der Waals surface area (Å²) in [7, 11) is 0. The third-order valence-corrected chi connectivity index (χ3v) is 0.839. The summed E-state index contributed by atoms with van der Waals surface area (Å²) < 4.78 is 4.38. The first-order valence-corrected chi connectivity index (χ1v) is 2.79. The number of aryl methyl sites for hydroxylation is 1. The van der Waals surface area contributed by atoms with Gasteiger partial charge in [0.2, 0.25) is 5.76 Å². The number of nitrogens with zero attached hydrogens (tertiary/aromatic N) is 3. The first-order valence-electron chi connectivity index (χ1n) is 2.79. The molecule has 0 saturated heterocycles. The van der Waals surface area contributed by atoms with Gasteiger partial charge in [-0.05, 0) is 17.4 Å². The molecule has 1 aromatic rings. The minimum absolute atomic E-state index is 0.118. The first kappa shape index (κ1) is 9.99. The van der Waals surface area contributed by atoms with Crippen molar-refractivity contribution in [2.45, 2.75) is 6.92 Å². The van der Waals surface area contributed by atoms with E-state index in [4.69, 9.17) is 16.2 Å². The monoisotopic (exact) mass is 170 g/mol. The summed E-state index contributed by atoms with van der Waals surface area (Å²) in [5, 5.41) is 11.6. The Bertz CT molecular complexity index is 299. The SMILES string of the molecule is Cc1cc(C(=O)O)on1.[N-]=[N+]=N. The van der Waals surface area contributed by atoms with E-state index in [1.165, 1.54) is 6.07 Å². The number of carbonyl (C=O) groups is 1.